The Morgan fingerprint density at radius 1 is 1.23 bits per heavy atom. The number of likely N-dealkylation sites (tertiary alicyclic amines) is 1. The summed E-state index contributed by atoms with van der Waals surface area (Å²) in [7, 11) is 0. The van der Waals surface area contributed by atoms with Crippen molar-refractivity contribution in [3.05, 3.63) is 35.9 Å². The summed E-state index contributed by atoms with van der Waals surface area (Å²) < 4.78 is 0. The number of hydrogen-bond acceptors (Lipinski definition) is 2. The van der Waals surface area contributed by atoms with Crippen molar-refractivity contribution in [2.24, 2.45) is 17.6 Å². The summed E-state index contributed by atoms with van der Waals surface area (Å²) in [6.07, 6.45) is 6.22. The molecule has 2 aliphatic rings. The lowest BCUT2D eigenvalue weighted by Gasteiger charge is -2.36. The van der Waals surface area contributed by atoms with Crippen molar-refractivity contribution >= 4 is 5.91 Å². The third kappa shape index (κ3) is 2.79. The van der Waals surface area contributed by atoms with Crippen LogP contribution in [0.1, 0.15) is 57.6 Å². The molecular weight excluding hydrogens is 272 g/mol. The van der Waals surface area contributed by atoms with Crippen molar-refractivity contribution in [1.29, 1.82) is 0 Å². The summed E-state index contributed by atoms with van der Waals surface area (Å²) in [6, 6.07) is 10.6. The molecule has 1 aliphatic heterocycles. The quantitative estimate of drug-likeness (QED) is 0.928. The van der Waals surface area contributed by atoms with Crippen LogP contribution >= 0.6 is 0 Å². The van der Waals surface area contributed by atoms with Crippen LogP contribution in [0, 0.1) is 11.8 Å². The summed E-state index contributed by atoms with van der Waals surface area (Å²) in [4.78, 5) is 15.2. The molecule has 1 saturated heterocycles. The van der Waals surface area contributed by atoms with Gasteiger partial charge in [-0.25, -0.2) is 0 Å². The van der Waals surface area contributed by atoms with Crippen molar-refractivity contribution in [2.75, 3.05) is 0 Å². The van der Waals surface area contributed by atoms with E-state index >= 15 is 0 Å². The number of hydrogen-bond donors (Lipinski definition) is 1. The topological polar surface area (TPSA) is 46.3 Å². The molecule has 1 saturated carbocycles. The Morgan fingerprint density at radius 2 is 1.91 bits per heavy atom. The molecular formula is C19H28N2O. The molecule has 0 spiro atoms. The first kappa shape index (κ1) is 15.5. The van der Waals surface area contributed by atoms with Crippen molar-refractivity contribution < 1.29 is 4.79 Å². The van der Waals surface area contributed by atoms with Crippen LogP contribution in [-0.2, 0) is 4.79 Å². The Labute approximate surface area is 133 Å². The number of fused-ring (bicyclic) bond motifs is 1. The molecule has 1 aliphatic carbocycles. The van der Waals surface area contributed by atoms with Crippen LogP contribution in [0.5, 0.6) is 0 Å². The Morgan fingerprint density at radius 3 is 2.64 bits per heavy atom. The summed E-state index contributed by atoms with van der Waals surface area (Å²) >= 11 is 0. The Hall–Kier alpha value is -1.35. The van der Waals surface area contributed by atoms with Crippen LogP contribution in [0.2, 0.25) is 0 Å². The van der Waals surface area contributed by atoms with E-state index in [9.17, 15) is 4.79 Å². The first-order valence-corrected chi connectivity index (χ1v) is 8.72. The molecule has 3 nitrogen and oxygen atoms in total. The van der Waals surface area contributed by atoms with Crippen molar-refractivity contribution in [3.63, 3.8) is 0 Å². The van der Waals surface area contributed by atoms with Gasteiger partial charge in [0.05, 0.1) is 5.92 Å². The average Bonchev–Trinajstić information content (AvgIpc) is 2.89. The third-order valence-electron chi connectivity index (χ3n) is 5.71. The molecule has 0 bridgehead atoms. The van der Waals surface area contributed by atoms with Gasteiger partial charge in [-0.1, -0.05) is 50.1 Å². The zero-order valence-electron chi connectivity index (χ0n) is 13.7. The van der Waals surface area contributed by atoms with E-state index in [1.807, 2.05) is 37.3 Å². The summed E-state index contributed by atoms with van der Waals surface area (Å²) in [5, 5.41) is 0. The SMILES string of the molecule is CC(C(=O)N1C(C)CC2CCCCC21)C(N)c1ccccc1. The molecule has 120 valence electrons. The molecule has 0 aromatic heterocycles. The van der Waals surface area contributed by atoms with Gasteiger partial charge >= 0.3 is 0 Å². The highest BCUT2D eigenvalue weighted by Gasteiger charge is 2.44. The standard InChI is InChI=1S/C19H28N2O/c1-13-12-16-10-6-7-11-17(16)21(13)19(22)14(2)18(20)15-8-4-3-5-9-15/h3-5,8-9,13-14,16-18H,6-7,10-12,20H2,1-2H3. The van der Waals surface area contributed by atoms with Crippen LogP contribution in [-0.4, -0.2) is 22.9 Å². The van der Waals surface area contributed by atoms with E-state index in [1.165, 1.54) is 32.1 Å². The van der Waals surface area contributed by atoms with Gasteiger partial charge in [-0.2, -0.15) is 0 Å². The van der Waals surface area contributed by atoms with Crippen LogP contribution in [0.25, 0.3) is 0 Å². The number of amides is 1. The Bertz CT molecular complexity index is 515. The lowest BCUT2D eigenvalue weighted by atomic mass is 9.84. The van der Waals surface area contributed by atoms with E-state index in [0.29, 0.717) is 18.0 Å². The number of benzene rings is 1. The fourth-order valence-electron chi connectivity index (χ4n) is 4.44. The van der Waals surface area contributed by atoms with Crippen molar-refractivity contribution in [1.82, 2.24) is 4.90 Å². The summed E-state index contributed by atoms with van der Waals surface area (Å²) in [5.74, 6) is 0.802. The lowest BCUT2D eigenvalue weighted by Crippen LogP contribution is -2.46. The number of nitrogens with zero attached hydrogens (tertiary/aromatic N) is 1. The predicted molar refractivity (Wildman–Crippen MR) is 89.2 cm³/mol. The van der Waals surface area contributed by atoms with E-state index in [1.54, 1.807) is 0 Å². The number of carbonyl (C=O) groups excluding carboxylic acids is 1. The van der Waals surface area contributed by atoms with Gasteiger partial charge in [-0.05, 0) is 37.7 Å². The molecule has 22 heavy (non-hydrogen) atoms. The third-order valence-corrected chi connectivity index (χ3v) is 5.71. The largest absolute Gasteiger partial charge is 0.336 e. The molecule has 1 aromatic carbocycles. The summed E-state index contributed by atoms with van der Waals surface area (Å²) in [6.45, 7) is 4.19. The average molecular weight is 300 g/mol. The van der Waals surface area contributed by atoms with Crippen molar-refractivity contribution in [2.45, 2.75) is 64.1 Å². The maximum atomic E-state index is 13.1. The molecule has 5 atom stereocenters. The van der Waals surface area contributed by atoms with E-state index in [-0.39, 0.29) is 17.9 Å². The Balaban J connectivity index is 1.75. The molecule has 1 amide bonds. The van der Waals surface area contributed by atoms with Gasteiger partial charge in [0, 0.05) is 18.1 Å². The van der Waals surface area contributed by atoms with Gasteiger partial charge in [0.25, 0.3) is 0 Å². The number of rotatable bonds is 3. The molecule has 2 N–H and O–H groups in total. The zero-order valence-corrected chi connectivity index (χ0v) is 13.7. The smallest absolute Gasteiger partial charge is 0.227 e. The summed E-state index contributed by atoms with van der Waals surface area (Å²) in [5.41, 5.74) is 7.42. The van der Waals surface area contributed by atoms with E-state index in [2.05, 4.69) is 11.8 Å². The minimum atomic E-state index is -0.219. The molecule has 1 aromatic rings. The minimum Gasteiger partial charge on any atom is -0.336 e. The molecule has 2 fully saturated rings. The van der Waals surface area contributed by atoms with Gasteiger partial charge in [0.15, 0.2) is 0 Å². The van der Waals surface area contributed by atoms with E-state index < -0.39 is 0 Å². The van der Waals surface area contributed by atoms with Crippen LogP contribution in [0.3, 0.4) is 0 Å². The molecule has 0 radical (unpaired) electrons. The number of carbonyl (C=O) groups is 1. The molecule has 1 heterocycles. The minimum absolute atomic E-state index is 0.162. The molecule has 3 heteroatoms. The Kier molecular flexibility index (Phi) is 4.53. The van der Waals surface area contributed by atoms with Crippen LogP contribution in [0.4, 0.5) is 0 Å². The van der Waals surface area contributed by atoms with Gasteiger partial charge in [0.2, 0.25) is 5.91 Å². The predicted octanol–water partition coefficient (Wildman–Crippen LogP) is 3.50. The lowest BCUT2D eigenvalue weighted by molar-refractivity contribution is -0.139. The van der Waals surface area contributed by atoms with Gasteiger partial charge < -0.3 is 10.6 Å². The highest BCUT2D eigenvalue weighted by atomic mass is 16.2. The first-order chi connectivity index (χ1) is 10.6. The normalized spacial score (nSPS) is 30.7. The highest BCUT2D eigenvalue weighted by Crippen LogP contribution is 2.40. The molecule has 3 rings (SSSR count). The van der Waals surface area contributed by atoms with Gasteiger partial charge in [0.1, 0.15) is 0 Å². The van der Waals surface area contributed by atoms with Gasteiger partial charge in [-0.15, -0.1) is 0 Å². The fourth-order valence-corrected chi connectivity index (χ4v) is 4.44. The molecule has 5 unspecified atom stereocenters. The second kappa shape index (κ2) is 6.41. The zero-order chi connectivity index (χ0) is 15.7. The van der Waals surface area contributed by atoms with Crippen molar-refractivity contribution in [3.8, 4) is 0 Å². The van der Waals surface area contributed by atoms with Gasteiger partial charge in [-0.3, -0.25) is 4.79 Å². The maximum absolute atomic E-state index is 13.1. The van der Waals surface area contributed by atoms with Crippen LogP contribution < -0.4 is 5.73 Å². The second-order valence-corrected chi connectivity index (χ2v) is 7.17. The van der Waals surface area contributed by atoms with E-state index in [0.717, 1.165) is 5.56 Å². The first-order valence-electron chi connectivity index (χ1n) is 8.72. The highest BCUT2D eigenvalue weighted by molar-refractivity contribution is 5.80. The fraction of sp³-hybridized carbons (Fsp3) is 0.632. The second-order valence-electron chi connectivity index (χ2n) is 7.17. The van der Waals surface area contributed by atoms with Crippen LogP contribution in [0.15, 0.2) is 30.3 Å². The number of nitrogens with two attached hydrogens (primary N) is 1. The maximum Gasteiger partial charge on any atom is 0.227 e. The van der Waals surface area contributed by atoms with E-state index in [4.69, 9.17) is 5.73 Å². The monoisotopic (exact) mass is 300 g/mol.